The van der Waals surface area contributed by atoms with Gasteiger partial charge in [-0.1, -0.05) is 0 Å². The maximum Gasteiger partial charge on any atom is 0.253 e. The molecule has 4 nitrogen and oxygen atoms in total. The monoisotopic (exact) mass is 428 g/mol. The highest BCUT2D eigenvalue weighted by molar-refractivity contribution is 14.1. The Kier molecular flexibility index (Phi) is 4.29. The molecule has 0 unspecified atom stereocenters. The van der Waals surface area contributed by atoms with Gasteiger partial charge in [0.05, 0.1) is 12.1 Å². The molecule has 2 amide bonds. The quantitative estimate of drug-likeness (QED) is 0.604. The molecule has 1 saturated heterocycles. The molecule has 0 spiro atoms. The summed E-state index contributed by atoms with van der Waals surface area (Å²) < 4.78 is 26.4. The second kappa shape index (κ2) is 6.23. The van der Waals surface area contributed by atoms with Crippen LogP contribution in [0.3, 0.4) is 0 Å². The minimum absolute atomic E-state index is 0.262. The topological polar surface area (TPSA) is 49.4 Å². The molecule has 1 N–H and O–H groups in total. The van der Waals surface area contributed by atoms with Crippen molar-refractivity contribution in [2.75, 3.05) is 11.4 Å². The summed E-state index contributed by atoms with van der Waals surface area (Å²) in [5.41, 5.74) is 0.901. The maximum absolute atomic E-state index is 13.1. The third-order valence-corrected chi connectivity index (χ3v) is 4.44. The van der Waals surface area contributed by atoms with E-state index >= 15 is 0 Å². The number of benzene rings is 2. The van der Waals surface area contributed by atoms with Crippen LogP contribution in [-0.2, 0) is 4.79 Å². The van der Waals surface area contributed by atoms with E-state index in [4.69, 9.17) is 0 Å². The number of nitrogens with zero attached hydrogens (tertiary/aromatic N) is 1. The average Bonchev–Trinajstić information content (AvgIpc) is 2.51. The number of amides is 2. The normalized spacial score (nSPS) is 16.9. The van der Waals surface area contributed by atoms with E-state index in [1.165, 1.54) is 47.4 Å². The van der Waals surface area contributed by atoms with Crippen molar-refractivity contribution < 1.29 is 18.4 Å². The minimum atomic E-state index is -0.631. The van der Waals surface area contributed by atoms with Crippen LogP contribution in [0.2, 0.25) is 0 Å². The Bertz CT molecular complexity index is 780. The van der Waals surface area contributed by atoms with Crippen LogP contribution >= 0.6 is 22.6 Å². The Morgan fingerprint density at radius 3 is 2.39 bits per heavy atom. The molecular weight excluding hydrogens is 417 g/mol. The summed E-state index contributed by atoms with van der Waals surface area (Å²) in [4.78, 5) is 25.7. The van der Waals surface area contributed by atoms with Crippen LogP contribution < -0.4 is 10.2 Å². The SMILES string of the molecule is O=C(N[C@@H]1CN(c2ccc(F)cc2)C1=O)c1ccc(F)cc1I. The van der Waals surface area contributed by atoms with Crippen LogP contribution in [0.1, 0.15) is 10.4 Å². The molecule has 7 heteroatoms. The number of rotatable bonds is 3. The zero-order valence-electron chi connectivity index (χ0n) is 11.7. The molecule has 2 aromatic rings. The highest BCUT2D eigenvalue weighted by Gasteiger charge is 2.38. The minimum Gasteiger partial charge on any atom is -0.339 e. The molecule has 0 aromatic heterocycles. The van der Waals surface area contributed by atoms with Gasteiger partial charge in [0.15, 0.2) is 0 Å². The number of anilines is 1. The first-order valence-electron chi connectivity index (χ1n) is 6.78. The molecule has 0 bridgehead atoms. The summed E-state index contributed by atoms with van der Waals surface area (Å²) in [5.74, 6) is -1.49. The highest BCUT2D eigenvalue weighted by Crippen LogP contribution is 2.23. The van der Waals surface area contributed by atoms with Crippen LogP contribution in [0.15, 0.2) is 42.5 Å². The molecule has 3 rings (SSSR count). The molecule has 118 valence electrons. The van der Waals surface area contributed by atoms with Crippen molar-refractivity contribution in [2.45, 2.75) is 6.04 Å². The second-order valence-corrected chi connectivity index (χ2v) is 6.24. The van der Waals surface area contributed by atoms with E-state index in [2.05, 4.69) is 5.32 Å². The summed E-state index contributed by atoms with van der Waals surface area (Å²) in [6, 6.07) is 8.77. The standard InChI is InChI=1S/C16H11F2IN2O2/c17-9-1-4-11(5-2-9)21-8-14(16(21)23)20-15(22)12-6-3-10(18)7-13(12)19/h1-7,14H,8H2,(H,20,22)/t14-/m1/s1. The summed E-state index contributed by atoms with van der Waals surface area (Å²) in [5, 5.41) is 2.62. The summed E-state index contributed by atoms with van der Waals surface area (Å²) in [6.45, 7) is 0.313. The van der Waals surface area contributed by atoms with Gasteiger partial charge in [-0.3, -0.25) is 9.59 Å². The van der Waals surface area contributed by atoms with Gasteiger partial charge in [0.25, 0.3) is 11.8 Å². The van der Waals surface area contributed by atoms with Gasteiger partial charge in [-0.05, 0) is 65.1 Å². The van der Waals surface area contributed by atoms with Gasteiger partial charge < -0.3 is 10.2 Å². The van der Waals surface area contributed by atoms with Gasteiger partial charge >= 0.3 is 0 Å². The second-order valence-electron chi connectivity index (χ2n) is 5.08. The predicted octanol–water partition coefficient (Wildman–Crippen LogP) is 2.71. The zero-order chi connectivity index (χ0) is 16.6. The summed E-state index contributed by atoms with van der Waals surface area (Å²) in [6.07, 6.45) is 0. The Balaban J connectivity index is 1.65. The molecular formula is C16H11F2IN2O2. The molecule has 1 atom stereocenters. The summed E-state index contributed by atoms with van der Waals surface area (Å²) >= 11 is 1.87. The third-order valence-electron chi connectivity index (χ3n) is 3.55. The summed E-state index contributed by atoms with van der Waals surface area (Å²) in [7, 11) is 0. The van der Waals surface area contributed by atoms with Crippen molar-refractivity contribution in [3.05, 3.63) is 63.2 Å². The Labute approximate surface area is 144 Å². The molecule has 0 aliphatic carbocycles. The zero-order valence-corrected chi connectivity index (χ0v) is 13.9. The highest BCUT2D eigenvalue weighted by atomic mass is 127. The lowest BCUT2D eigenvalue weighted by Gasteiger charge is -2.38. The van der Waals surface area contributed by atoms with Gasteiger partial charge in [-0.25, -0.2) is 8.78 Å². The lowest BCUT2D eigenvalue weighted by atomic mass is 10.1. The Hall–Kier alpha value is -2.03. The van der Waals surface area contributed by atoms with Crippen molar-refractivity contribution in [2.24, 2.45) is 0 Å². The van der Waals surface area contributed by atoms with Crippen molar-refractivity contribution >= 4 is 40.1 Å². The van der Waals surface area contributed by atoms with Crippen LogP contribution in [0, 0.1) is 15.2 Å². The predicted molar refractivity (Wildman–Crippen MR) is 89.1 cm³/mol. The fourth-order valence-electron chi connectivity index (χ4n) is 2.30. The smallest absolute Gasteiger partial charge is 0.253 e. The molecule has 0 saturated carbocycles. The largest absolute Gasteiger partial charge is 0.339 e. The fraction of sp³-hybridized carbons (Fsp3) is 0.125. The number of carbonyl (C=O) groups excluding carboxylic acids is 2. The van der Waals surface area contributed by atoms with Crippen molar-refractivity contribution in [3.63, 3.8) is 0 Å². The van der Waals surface area contributed by atoms with Crippen molar-refractivity contribution in [1.82, 2.24) is 5.32 Å². The molecule has 2 aromatic carbocycles. The van der Waals surface area contributed by atoms with Crippen LogP contribution in [0.5, 0.6) is 0 Å². The lowest BCUT2D eigenvalue weighted by Crippen LogP contribution is -2.64. The molecule has 1 heterocycles. The maximum atomic E-state index is 13.1. The van der Waals surface area contributed by atoms with Crippen LogP contribution in [0.25, 0.3) is 0 Å². The molecule has 0 radical (unpaired) electrons. The van der Waals surface area contributed by atoms with Crippen LogP contribution in [0.4, 0.5) is 14.5 Å². The van der Waals surface area contributed by atoms with Gasteiger partial charge in [-0.15, -0.1) is 0 Å². The van der Waals surface area contributed by atoms with Gasteiger partial charge in [0.1, 0.15) is 17.7 Å². The number of hydrogen-bond acceptors (Lipinski definition) is 2. The number of carbonyl (C=O) groups is 2. The number of β-lactam (4-membered cyclic amide) rings is 1. The van der Waals surface area contributed by atoms with E-state index in [9.17, 15) is 18.4 Å². The Morgan fingerprint density at radius 1 is 1.13 bits per heavy atom. The van der Waals surface area contributed by atoms with E-state index < -0.39 is 17.8 Å². The molecule has 1 aliphatic heterocycles. The number of nitrogens with one attached hydrogen (secondary N) is 1. The van der Waals surface area contributed by atoms with Gasteiger partial charge in [-0.2, -0.15) is 0 Å². The van der Waals surface area contributed by atoms with E-state index in [0.29, 0.717) is 21.4 Å². The molecule has 1 aliphatic rings. The molecule has 1 fully saturated rings. The van der Waals surface area contributed by atoms with E-state index in [1.54, 1.807) is 0 Å². The lowest BCUT2D eigenvalue weighted by molar-refractivity contribution is -0.124. The van der Waals surface area contributed by atoms with Gasteiger partial charge in [0.2, 0.25) is 0 Å². The number of hydrogen-bond donors (Lipinski definition) is 1. The first kappa shape index (κ1) is 15.9. The van der Waals surface area contributed by atoms with E-state index in [-0.39, 0.29) is 11.7 Å². The van der Waals surface area contributed by atoms with Crippen LogP contribution in [-0.4, -0.2) is 24.4 Å². The fourth-order valence-corrected chi connectivity index (χ4v) is 3.02. The Morgan fingerprint density at radius 2 is 1.78 bits per heavy atom. The van der Waals surface area contributed by atoms with Crippen molar-refractivity contribution in [3.8, 4) is 0 Å². The molecule has 23 heavy (non-hydrogen) atoms. The van der Waals surface area contributed by atoms with Crippen molar-refractivity contribution in [1.29, 1.82) is 0 Å². The first-order valence-corrected chi connectivity index (χ1v) is 7.86. The third kappa shape index (κ3) is 3.19. The first-order chi connectivity index (χ1) is 11.0. The van der Waals surface area contributed by atoms with E-state index in [0.717, 1.165) is 0 Å². The number of halogens is 3. The average molecular weight is 428 g/mol. The van der Waals surface area contributed by atoms with E-state index in [1.807, 2.05) is 22.6 Å². The van der Waals surface area contributed by atoms with Gasteiger partial charge in [0, 0.05) is 9.26 Å².